The van der Waals surface area contributed by atoms with Crippen LogP contribution in [0.1, 0.15) is 50.7 Å². The van der Waals surface area contributed by atoms with Crippen molar-refractivity contribution in [2.24, 2.45) is 11.5 Å². The van der Waals surface area contributed by atoms with Crippen molar-refractivity contribution < 1.29 is 29.0 Å². The van der Waals surface area contributed by atoms with Crippen molar-refractivity contribution in [3.63, 3.8) is 0 Å². The predicted molar refractivity (Wildman–Crippen MR) is 122 cm³/mol. The highest BCUT2D eigenvalue weighted by Gasteiger charge is 2.45. The van der Waals surface area contributed by atoms with E-state index in [4.69, 9.17) is 20.9 Å². The lowest BCUT2D eigenvalue weighted by Gasteiger charge is -2.28. The largest absolute Gasteiger partial charge is 0.479 e. The van der Waals surface area contributed by atoms with Gasteiger partial charge in [-0.2, -0.15) is 0 Å². The van der Waals surface area contributed by atoms with Crippen LogP contribution in [-0.4, -0.2) is 46.8 Å². The number of aliphatic carboxylic acids is 1. The van der Waals surface area contributed by atoms with Crippen LogP contribution in [0.25, 0.3) is 11.1 Å². The average molecular weight is 455 g/mol. The van der Waals surface area contributed by atoms with E-state index in [2.05, 4.69) is 0 Å². The van der Waals surface area contributed by atoms with Crippen molar-refractivity contribution in [1.29, 1.82) is 0 Å². The number of hydrogen-bond acceptors (Lipinski definition) is 7. The molecule has 2 aromatic rings. The first-order valence-corrected chi connectivity index (χ1v) is 10.8. The molecule has 176 valence electrons. The molecule has 2 atom stereocenters. The maximum atomic E-state index is 12.6. The third-order valence-corrected chi connectivity index (χ3v) is 5.65. The molecule has 0 spiro atoms. The van der Waals surface area contributed by atoms with E-state index in [1.165, 1.54) is 0 Å². The molecule has 0 amide bonds. The Labute approximate surface area is 192 Å². The molecule has 1 unspecified atom stereocenters. The number of rotatable bonds is 8. The van der Waals surface area contributed by atoms with E-state index in [0.29, 0.717) is 0 Å². The van der Waals surface area contributed by atoms with E-state index in [-0.39, 0.29) is 25.4 Å². The van der Waals surface area contributed by atoms with E-state index in [0.717, 1.165) is 22.3 Å². The number of carboxylic acid groups (broad SMARTS) is 1. The second kappa shape index (κ2) is 9.33. The molecule has 0 saturated carbocycles. The van der Waals surface area contributed by atoms with Gasteiger partial charge in [0.2, 0.25) is 5.54 Å². The second-order valence-corrected chi connectivity index (χ2v) is 9.28. The average Bonchev–Trinajstić information content (AvgIpc) is 3.08. The Hall–Kier alpha value is -3.23. The summed E-state index contributed by atoms with van der Waals surface area (Å²) in [4.78, 5) is 36.6. The molecule has 0 aliphatic heterocycles. The van der Waals surface area contributed by atoms with Gasteiger partial charge in [0.1, 0.15) is 18.2 Å². The van der Waals surface area contributed by atoms with Gasteiger partial charge in [-0.3, -0.25) is 4.79 Å². The summed E-state index contributed by atoms with van der Waals surface area (Å²) in [5.41, 5.74) is 12.9. The minimum Gasteiger partial charge on any atom is -0.479 e. The van der Waals surface area contributed by atoms with E-state index in [1.807, 2.05) is 48.5 Å². The fourth-order valence-electron chi connectivity index (χ4n) is 3.88. The quantitative estimate of drug-likeness (QED) is 0.408. The van der Waals surface area contributed by atoms with Gasteiger partial charge in [-0.15, -0.1) is 0 Å². The number of benzene rings is 2. The first kappa shape index (κ1) is 24.4. The molecule has 3 rings (SSSR count). The normalized spacial score (nSPS) is 15.7. The summed E-state index contributed by atoms with van der Waals surface area (Å²) in [6.07, 6.45) is -0.526. The fourth-order valence-corrected chi connectivity index (χ4v) is 3.88. The van der Waals surface area contributed by atoms with Crippen molar-refractivity contribution >= 4 is 17.9 Å². The molecule has 0 aromatic heterocycles. The molecule has 8 heteroatoms. The van der Waals surface area contributed by atoms with Gasteiger partial charge in [0, 0.05) is 5.92 Å². The Bertz CT molecular complexity index is 1020. The maximum absolute atomic E-state index is 12.6. The van der Waals surface area contributed by atoms with Gasteiger partial charge in [0.15, 0.2) is 0 Å². The Kier molecular flexibility index (Phi) is 6.90. The van der Waals surface area contributed by atoms with E-state index in [1.54, 1.807) is 20.8 Å². The van der Waals surface area contributed by atoms with Crippen LogP contribution in [-0.2, 0) is 23.9 Å². The molecule has 33 heavy (non-hydrogen) atoms. The number of hydrogen-bond donors (Lipinski definition) is 3. The highest BCUT2D eigenvalue weighted by atomic mass is 16.6. The SMILES string of the molecule is CC(C)(C)OC(=O)[C@](N)(CCC(N)C(=O)OCC1c2ccccc2-c2ccccc21)C(=O)O. The van der Waals surface area contributed by atoms with Gasteiger partial charge >= 0.3 is 17.9 Å². The highest BCUT2D eigenvalue weighted by molar-refractivity contribution is 6.04. The molecule has 2 aromatic carbocycles. The molecule has 1 aliphatic rings. The monoisotopic (exact) mass is 454 g/mol. The van der Waals surface area contributed by atoms with Crippen LogP contribution in [0.4, 0.5) is 0 Å². The van der Waals surface area contributed by atoms with Crippen molar-refractivity contribution in [2.75, 3.05) is 6.61 Å². The lowest BCUT2D eigenvalue weighted by atomic mass is 9.92. The molecule has 0 bridgehead atoms. The van der Waals surface area contributed by atoms with E-state index >= 15 is 0 Å². The molecule has 5 N–H and O–H groups in total. The van der Waals surface area contributed by atoms with Gasteiger partial charge in [0.25, 0.3) is 0 Å². The van der Waals surface area contributed by atoms with Gasteiger partial charge in [0.05, 0.1) is 0 Å². The lowest BCUT2D eigenvalue weighted by molar-refractivity contribution is -0.170. The summed E-state index contributed by atoms with van der Waals surface area (Å²) >= 11 is 0. The van der Waals surface area contributed by atoms with Gasteiger partial charge < -0.3 is 26.0 Å². The van der Waals surface area contributed by atoms with Crippen LogP contribution in [0, 0.1) is 0 Å². The van der Waals surface area contributed by atoms with Crippen LogP contribution in [0.3, 0.4) is 0 Å². The molecule has 0 saturated heterocycles. The summed E-state index contributed by atoms with van der Waals surface area (Å²) in [5.74, 6) is -3.43. The molecule has 0 radical (unpaired) electrons. The Balaban J connectivity index is 1.63. The van der Waals surface area contributed by atoms with Crippen LogP contribution in [0.15, 0.2) is 48.5 Å². The minimum atomic E-state index is -2.31. The Morgan fingerprint density at radius 3 is 2.00 bits per heavy atom. The number of carboxylic acids is 1. The summed E-state index contributed by atoms with van der Waals surface area (Å²) in [7, 11) is 0. The summed E-state index contributed by atoms with van der Waals surface area (Å²) in [5, 5.41) is 9.50. The molecular formula is C25H30N2O6. The van der Waals surface area contributed by atoms with E-state index in [9.17, 15) is 19.5 Å². The third kappa shape index (κ3) is 5.23. The zero-order valence-corrected chi connectivity index (χ0v) is 19.0. The molecular weight excluding hydrogens is 424 g/mol. The smallest absolute Gasteiger partial charge is 0.338 e. The van der Waals surface area contributed by atoms with Gasteiger partial charge in [-0.25, -0.2) is 9.59 Å². The molecule has 1 aliphatic carbocycles. The number of nitrogens with two attached hydrogens (primary N) is 2. The van der Waals surface area contributed by atoms with Gasteiger partial charge in [-0.1, -0.05) is 48.5 Å². The highest BCUT2D eigenvalue weighted by Crippen LogP contribution is 2.44. The van der Waals surface area contributed by atoms with Crippen molar-refractivity contribution in [3.8, 4) is 11.1 Å². The summed E-state index contributed by atoms with van der Waals surface area (Å²) in [6, 6.07) is 14.7. The second-order valence-electron chi connectivity index (χ2n) is 9.28. The summed E-state index contributed by atoms with van der Waals surface area (Å²) < 4.78 is 10.6. The fraction of sp³-hybridized carbons (Fsp3) is 0.400. The molecule has 0 heterocycles. The van der Waals surface area contributed by atoms with Crippen molar-refractivity contribution in [3.05, 3.63) is 59.7 Å². The lowest BCUT2D eigenvalue weighted by Crippen LogP contribution is -2.57. The van der Waals surface area contributed by atoms with Crippen LogP contribution >= 0.6 is 0 Å². The number of fused-ring (bicyclic) bond motifs is 3. The van der Waals surface area contributed by atoms with E-state index < -0.39 is 35.1 Å². The number of esters is 2. The van der Waals surface area contributed by atoms with Crippen LogP contribution in [0.5, 0.6) is 0 Å². The predicted octanol–water partition coefficient (Wildman–Crippen LogP) is 2.57. The van der Waals surface area contributed by atoms with Gasteiger partial charge in [-0.05, 0) is 55.9 Å². The van der Waals surface area contributed by atoms with Crippen LogP contribution in [0.2, 0.25) is 0 Å². The number of carbonyl (C=O) groups excluding carboxylic acids is 2. The maximum Gasteiger partial charge on any atom is 0.338 e. The molecule has 8 nitrogen and oxygen atoms in total. The Morgan fingerprint density at radius 1 is 1.00 bits per heavy atom. The number of ether oxygens (including phenoxy) is 2. The summed E-state index contributed by atoms with van der Waals surface area (Å²) in [6.45, 7) is 4.92. The zero-order valence-electron chi connectivity index (χ0n) is 19.0. The zero-order chi connectivity index (χ0) is 24.4. The first-order chi connectivity index (χ1) is 15.4. The topological polar surface area (TPSA) is 142 Å². The third-order valence-electron chi connectivity index (χ3n) is 5.65. The minimum absolute atomic E-state index is 0.0966. The van der Waals surface area contributed by atoms with Crippen molar-refractivity contribution in [1.82, 2.24) is 0 Å². The Morgan fingerprint density at radius 2 is 1.52 bits per heavy atom. The first-order valence-electron chi connectivity index (χ1n) is 10.8. The molecule has 0 fully saturated rings. The number of carbonyl (C=O) groups is 3. The van der Waals surface area contributed by atoms with Crippen molar-refractivity contribution in [2.45, 2.75) is 56.7 Å². The standard InChI is InChI=1S/C25H30N2O6/c1-24(2,3)33-23(31)25(27,22(29)30)13-12-20(26)21(28)32-14-19-17-10-6-4-8-15(17)16-9-5-7-11-18(16)19/h4-11,19-20H,12-14,26-27H2,1-3H3,(H,29,30)/t20?,25-/m0/s1. The van der Waals surface area contributed by atoms with Crippen LogP contribution < -0.4 is 11.5 Å².